The van der Waals surface area contributed by atoms with Gasteiger partial charge in [-0.15, -0.1) is 0 Å². The molecule has 0 bridgehead atoms. The molecule has 1 fully saturated rings. The number of aromatic nitrogens is 3. The lowest BCUT2D eigenvalue weighted by molar-refractivity contribution is 0.0398. The molecule has 0 aliphatic carbocycles. The van der Waals surface area contributed by atoms with E-state index in [0.29, 0.717) is 6.67 Å². The first-order valence-electron chi connectivity index (χ1n) is 10.0. The van der Waals surface area contributed by atoms with E-state index in [0.717, 1.165) is 83.5 Å². The van der Waals surface area contributed by atoms with Gasteiger partial charge in [-0.25, -0.2) is 0 Å². The standard InChI is InChI=1S/C21H22N6O2/c28-21-18-13-11-24-25-14(13)3-4-17(18)27-12-23-16-2-1-15(19(21)20(16)27)22-5-6-26-7-9-29-10-8-26/h1-4,11,22-23H,5-10,12H2,(H,24,25). The van der Waals surface area contributed by atoms with Crippen LogP contribution in [0.25, 0.3) is 32.7 Å². The van der Waals surface area contributed by atoms with Crippen LogP contribution in [-0.2, 0) is 11.4 Å². The SMILES string of the molecule is O=c1c2c(NCCN3CCOCC3)ccc3c2n(c2ccc4[nH]ncc4c12)CN3. The molecule has 0 amide bonds. The van der Waals surface area contributed by atoms with E-state index in [9.17, 15) is 4.79 Å². The van der Waals surface area contributed by atoms with Gasteiger partial charge in [0.1, 0.15) is 0 Å². The fourth-order valence-electron chi connectivity index (χ4n) is 4.61. The molecule has 0 atom stereocenters. The minimum atomic E-state index is 0.0534. The van der Waals surface area contributed by atoms with Gasteiger partial charge < -0.3 is 19.9 Å². The Balaban J connectivity index is 1.49. The molecule has 4 aromatic rings. The maximum absolute atomic E-state index is 13.7. The zero-order chi connectivity index (χ0) is 19.4. The average molecular weight is 390 g/mol. The van der Waals surface area contributed by atoms with E-state index in [4.69, 9.17) is 4.74 Å². The number of fused-ring (bicyclic) bond motifs is 4. The van der Waals surface area contributed by atoms with Crippen LogP contribution in [0.5, 0.6) is 0 Å². The van der Waals surface area contributed by atoms with Crippen LogP contribution in [0.15, 0.2) is 35.3 Å². The fourth-order valence-corrected chi connectivity index (χ4v) is 4.61. The molecule has 0 spiro atoms. The summed E-state index contributed by atoms with van der Waals surface area (Å²) in [5.74, 6) is 0. The highest BCUT2D eigenvalue weighted by Gasteiger charge is 2.22. The predicted molar refractivity (Wildman–Crippen MR) is 115 cm³/mol. The second-order valence-electron chi connectivity index (χ2n) is 7.65. The quantitative estimate of drug-likeness (QED) is 0.463. The Morgan fingerprint density at radius 1 is 1.14 bits per heavy atom. The third kappa shape index (κ3) is 2.53. The summed E-state index contributed by atoms with van der Waals surface area (Å²) in [6.07, 6.45) is 1.75. The van der Waals surface area contributed by atoms with Crippen LogP contribution in [0.1, 0.15) is 0 Å². The molecule has 0 radical (unpaired) electrons. The second kappa shape index (κ2) is 6.47. The van der Waals surface area contributed by atoms with Crippen LogP contribution in [0.2, 0.25) is 0 Å². The molecule has 0 saturated carbocycles. The van der Waals surface area contributed by atoms with Gasteiger partial charge in [0, 0.05) is 37.3 Å². The third-order valence-electron chi connectivity index (χ3n) is 6.07. The van der Waals surface area contributed by atoms with Crippen LogP contribution < -0.4 is 16.1 Å². The first-order valence-corrected chi connectivity index (χ1v) is 10.0. The number of hydrogen-bond acceptors (Lipinski definition) is 6. The number of benzene rings is 2. The normalized spacial score (nSPS) is 16.7. The first-order chi connectivity index (χ1) is 14.3. The number of hydrogen-bond donors (Lipinski definition) is 3. The molecule has 4 heterocycles. The Kier molecular flexibility index (Phi) is 3.75. The number of morpholine rings is 1. The molecule has 2 aliphatic heterocycles. The molecule has 29 heavy (non-hydrogen) atoms. The van der Waals surface area contributed by atoms with Gasteiger partial charge in [0.05, 0.1) is 59.1 Å². The van der Waals surface area contributed by atoms with E-state index in [1.165, 1.54) is 0 Å². The predicted octanol–water partition coefficient (Wildman–Crippen LogP) is 2.16. The molecular weight excluding hydrogens is 368 g/mol. The lowest BCUT2D eigenvalue weighted by Gasteiger charge is -2.26. The molecule has 1 saturated heterocycles. The summed E-state index contributed by atoms with van der Waals surface area (Å²) in [7, 11) is 0. The third-order valence-corrected chi connectivity index (χ3v) is 6.07. The van der Waals surface area contributed by atoms with E-state index < -0.39 is 0 Å². The molecule has 0 unspecified atom stereocenters. The second-order valence-corrected chi connectivity index (χ2v) is 7.65. The Bertz CT molecular complexity index is 1300. The van der Waals surface area contributed by atoms with Crippen molar-refractivity contribution in [1.82, 2.24) is 19.7 Å². The number of pyridine rings is 1. The van der Waals surface area contributed by atoms with Gasteiger partial charge in [-0.2, -0.15) is 5.10 Å². The van der Waals surface area contributed by atoms with Crippen molar-refractivity contribution in [2.24, 2.45) is 0 Å². The number of nitrogens with zero attached hydrogens (tertiary/aromatic N) is 3. The molecule has 3 N–H and O–H groups in total. The number of aromatic amines is 1. The van der Waals surface area contributed by atoms with Crippen molar-refractivity contribution >= 4 is 44.1 Å². The highest BCUT2D eigenvalue weighted by molar-refractivity contribution is 6.13. The van der Waals surface area contributed by atoms with Gasteiger partial charge >= 0.3 is 0 Å². The molecule has 8 heteroatoms. The van der Waals surface area contributed by atoms with Gasteiger partial charge in [-0.05, 0) is 24.3 Å². The topological polar surface area (TPSA) is 87.2 Å². The van der Waals surface area contributed by atoms with Crippen LogP contribution in [0.3, 0.4) is 0 Å². The maximum atomic E-state index is 13.7. The zero-order valence-corrected chi connectivity index (χ0v) is 16.0. The van der Waals surface area contributed by atoms with Gasteiger partial charge in [-0.3, -0.25) is 14.8 Å². The number of H-pyrrole nitrogens is 1. The van der Waals surface area contributed by atoms with Crippen molar-refractivity contribution in [3.8, 4) is 0 Å². The van der Waals surface area contributed by atoms with Crippen molar-refractivity contribution in [2.75, 3.05) is 50.0 Å². The summed E-state index contributed by atoms with van der Waals surface area (Å²) in [6, 6.07) is 8.07. The number of anilines is 2. The van der Waals surface area contributed by atoms with Crippen LogP contribution in [-0.4, -0.2) is 59.1 Å². The zero-order valence-electron chi connectivity index (χ0n) is 16.0. The summed E-state index contributed by atoms with van der Waals surface area (Å²) < 4.78 is 7.62. The van der Waals surface area contributed by atoms with Gasteiger partial charge in [0.2, 0.25) is 0 Å². The molecule has 2 aromatic heterocycles. The highest BCUT2D eigenvalue weighted by atomic mass is 16.5. The minimum Gasteiger partial charge on any atom is -0.383 e. The summed E-state index contributed by atoms with van der Waals surface area (Å²) in [5, 5.41) is 16.4. The Morgan fingerprint density at radius 2 is 2.03 bits per heavy atom. The maximum Gasteiger partial charge on any atom is 0.200 e. The fraction of sp³-hybridized carbons (Fsp3) is 0.333. The van der Waals surface area contributed by atoms with Gasteiger partial charge in [0.15, 0.2) is 5.43 Å². The van der Waals surface area contributed by atoms with Crippen LogP contribution >= 0.6 is 0 Å². The van der Waals surface area contributed by atoms with Gasteiger partial charge in [-0.1, -0.05) is 0 Å². The van der Waals surface area contributed by atoms with Crippen molar-refractivity contribution in [2.45, 2.75) is 6.67 Å². The van der Waals surface area contributed by atoms with E-state index in [1.807, 2.05) is 18.2 Å². The molecule has 148 valence electrons. The summed E-state index contributed by atoms with van der Waals surface area (Å²) >= 11 is 0. The first kappa shape index (κ1) is 16.8. The number of rotatable bonds is 4. The van der Waals surface area contributed by atoms with Crippen molar-refractivity contribution < 1.29 is 4.74 Å². The Morgan fingerprint density at radius 3 is 2.93 bits per heavy atom. The van der Waals surface area contributed by atoms with E-state index in [2.05, 4.69) is 36.4 Å². The molecule has 2 aliphatic rings. The van der Waals surface area contributed by atoms with Crippen LogP contribution in [0.4, 0.5) is 11.4 Å². The van der Waals surface area contributed by atoms with E-state index in [1.54, 1.807) is 6.20 Å². The molecule has 8 nitrogen and oxygen atoms in total. The number of nitrogens with one attached hydrogen (secondary N) is 3. The number of ether oxygens (including phenoxy) is 1. The molecule has 6 rings (SSSR count). The van der Waals surface area contributed by atoms with Crippen molar-refractivity contribution in [1.29, 1.82) is 0 Å². The molecule has 2 aromatic carbocycles. The van der Waals surface area contributed by atoms with Crippen molar-refractivity contribution in [3.63, 3.8) is 0 Å². The smallest absolute Gasteiger partial charge is 0.200 e. The lowest BCUT2D eigenvalue weighted by atomic mass is 10.0. The van der Waals surface area contributed by atoms with Gasteiger partial charge in [0.25, 0.3) is 0 Å². The molecular formula is C21H22N6O2. The van der Waals surface area contributed by atoms with E-state index in [-0.39, 0.29) is 5.43 Å². The highest BCUT2D eigenvalue weighted by Crippen LogP contribution is 2.35. The van der Waals surface area contributed by atoms with Crippen molar-refractivity contribution in [3.05, 3.63) is 40.7 Å². The lowest BCUT2D eigenvalue weighted by Crippen LogP contribution is -2.39. The summed E-state index contributed by atoms with van der Waals surface area (Å²) in [5.41, 5.74) is 4.74. The monoisotopic (exact) mass is 390 g/mol. The van der Waals surface area contributed by atoms with E-state index >= 15 is 0 Å². The Hall–Kier alpha value is -3.10. The Labute approximate surface area is 166 Å². The largest absolute Gasteiger partial charge is 0.383 e. The minimum absolute atomic E-state index is 0.0534. The summed E-state index contributed by atoms with van der Waals surface area (Å²) in [6.45, 7) is 5.88. The van der Waals surface area contributed by atoms with Crippen LogP contribution in [0, 0.1) is 0 Å². The average Bonchev–Trinajstić information content (AvgIpc) is 3.40. The summed E-state index contributed by atoms with van der Waals surface area (Å²) in [4.78, 5) is 16.1.